The van der Waals surface area contributed by atoms with Crippen LogP contribution in [-0.2, 0) is 4.79 Å². The first-order valence-corrected chi connectivity index (χ1v) is 6.50. The molecule has 4 atom stereocenters. The standard InChI is InChI=1S/C15H24O3/c1-10(2)7-13(16)8-11(3)12-5-6-15(4,18)14(17)9-12/h5-7,11-12,14,17-18H,8-9H2,1-4H3/t11?,12?,14?,15-/m1/s1. The molecule has 0 spiro atoms. The van der Waals surface area contributed by atoms with Crippen LogP contribution in [0.2, 0.25) is 0 Å². The number of carbonyl (C=O) groups excluding carboxylic acids is 1. The van der Waals surface area contributed by atoms with Gasteiger partial charge in [-0.1, -0.05) is 24.6 Å². The monoisotopic (exact) mass is 252 g/mol. The van der Waals surface area contributed by atoms with Crippen LogP contribution in [0.15, 0.2) is 23.8 Å². The highest BCUT2D eigenvalue weighted by Gasteiger charge is 2.34. The van der Waals surface area contributed by atoms with E-state index in [1.165, 1.54) is 0 Å². The lowest BCUT2D eigenvalue weighted by molar-refractivity contribution is -0.115. The van der Waals surface area contributed by atoms with E-state index in [0.29, 0.717) is 12.8 Å². The Labute approximate surface area is 109 Å². The Morgan fingerprint density at radius 2 is 2.17 bits per heavy atom. The third-order valence-electron chi connectivity index (χ3n) is 3.55. The maximum atomic E-state index is 11.7. The highest BCUT2D eigenvalue weighted by molar-refractivity contribution is 5.90. The Bertz CT molecular complexity index is 362. The summed E-state index contributed by atoms with van der Waals surface area (Å²) < 4.78 is 0. The van der Waals surface area contributed by atoms with Crippen molar-refractivity contribution in [2.45, 2.75) is 52.2 Å². The second kappa shape index (κ2) is 5.81. The summed E-state index contributed by atoms with van der Waals surface area (Å²) in [6, 6.07) is 0. The Balaban J connectivity index is 2.62. The fourth-order valence-electron chi connectivity index (χ4n) is 2.28. The van der Waals surface area contributed by atoms with Crippen LogP contribution in [-0.4, -0.2) is 27.7 Å². The molecule has 1 rings (SSSR count). The molecule has 0 heterocycles. The van der Waals surface area contributed by atoms with E-state index in [1.54, 1.807) is 19.1 Å². The minimum atomic E-state index is -1.14. The van der Waals surface area contributed by atoms with Crippen LogP contribution < -0.4 is 0 Å². The summed E-state index contributed by atoms with van der Waals surface area (Å²) in [6.07, 6.45) is 5.46. The maximum absolute atomic E-state index is 11.7. The lowest BCUT2D eigenvalue weighted by atomic mass is 9.77. The van der Waals surface area contributed by atoms with Crippen molar-refractivity contribution in [2.24, 2.45) is 11.8 Å². The van der Waals surface area contributed by atoms with Crippen LogP contribution in [0.1, 0.15) is 40.5 Å². The fourth-order valence-corrected chi connectivity index (χ4v) is 2.28. The largest absolute Gasteiger partial charge is 0.390 e. The molecule has 0 aliphatic heterocycles. The molecule has 3 heteroatoms. The van der Waals surface area contributed by atoms with Crippen LogP contribution in [0.25, 0.3) is 0 Å². The van der Waals surface area contributed by atoms with Gasteiger partial charge in [0.1, 0.15) is 5.60 Å². The summed E-state index contributed by atoms with van der Waals surface area (Å²) in [5, 5.41) is 19.7. The lowest BCUT2D eigenvalue weighted by Crippen LogP contribution is -2.42. The zero-order valence-electron chi connectivity index (χ0n) is 11.7. The summed E-state index contributed by atoms with van der Waals surface area (Å²) in [7, 11) is 0. The van der Waals surface area contributed by atoms with Gasteiger partial charge in [0.2, 0.25) is 0 Å². The van der Waals surface area contributed by atoms with Crippen molar-refractivity contribution >= 4 is 5.78 Å². The van der Waals surface area contributed by atoms with Gasteiger partial charge in [0.25, 0.3) is 0 Å². The van der Waals surface area contributed by atoms with E-state index in [1.807, 2.05) is 26.8 Å². The van der Waals surface area contributed by atoms with Crippen LogP contribution in [0, 0.1) is 11.8 Å². The van der Waals surface area contributed by atoms with Gasteiger partial charge >= 0.3 is 0 Å². The minimum Gasteiger partial charge on any atom is -0.390 e. The van der Waals surface area contributed by atoms with Gasteiger partial charge < -0.3 is 10.2 Å². The smallest absolute Gasteiger partial charge is 0.155 e. The Hall–Kier alpha value is -0.930. The molecule has 0 aromatic heterocycles. The van der Waals surface area contributed by atoms with E-state index in [-0.39, 0.29) is 17.6 Å². The molecular formula is C15H24O3. The zero-order chi connectivity index (χ0) is 13.9. The average Bonchev–Trinajstić information content (AvgIpc) is 2.20. The molecule has 3 nitrogen and oxygen atoms in total. The Morgan fingerprint density at radius 1 is 1.56 bits per heavy atom. The summed E-state index contributed by atoms with van der Waals surface area (Å²) in [5.74, 6) is 0.451. The Kier molecular flexibility index (Phi) is 4.88. The first kappa shape index (κ1) is 15.1. The van der Waals surface area contributed by atoms with E-state index in [9.17, 15) is 15.0 Å². The number of ketones is 1. The molecule has 1 aliphatic carbocycles. The molecule has 0 aromatic carbocycles. The fraction of sp³-hybridized carbons (Fsp3) is 0.667. The van der Waals surface area contributed by atoms with Crippen molar-refractivity contribution in [1.29, 1.82) is 0 Å². The van der Waals surface area contributed by atoms with E-state index >= 15 is 0 Å². The second-order valence-electron chi connectivity index (χ2n) is 5.87. The van der Waals surface area contributed by atoms with E-state index in [0.717, 1.165) is 5.57 Å². The van der Waals surface area contributed by atoms with Crippen LogP contribution >= 0.6 is 0 Å². The van der Waals surface area contributed by atoms with E-state index in [4.69, 9.17) is 0 Å². The van der Waals surface area contributed by atoms with Gasteiger partial charge in [-0.3, -0.25) is 4.79 Å². The summed E-state index contributed by atoms with van der Waals surface area (Å²) in [5.41, 5.74) is -0.130. The SMILES string of the molecule is CC(C)=CC(=O)CC(C)C1C=C[C@@](C)(O)C(O)C1. The highest BCUT2D eigenvalue weighted by atomic mass is 16.3. The van der Waals surface area contributed by atoms with Gasteiger partial charge in [0, 0.05) is 6.42 Å². The van der Waals surface area contributed by atoms with Crippen LogP contribution in [0.5, 0.6) is 0 Å². The molecular weight excluding hydrogens is 228 g/mol. The Morgan fingerprint density at radius 3 is 2.67 bits per heavy atom. The summed E-state index contributed by atoms with van der Waals surface area (Å²) in [6.45, 7) is 7.43. The predicted octanol–water partition coefficient (Wildman–Crippen LogP) is 2.24. The molecule has 0 amide bonds. The van der Waals surface area contributed by atoms with Crippen molar-refractivity contribution in [3.05, 3.63) is 23.8 Å². The van der Waals surface area contributed by atoms with Crippen molar-refractivity contribution in [3.63, 3.8) is 0 Å². The van der Waals surface area contributed by atoms with Crippen LogP contribution in [0.3, 0.4) is 0 Å². The lowest BCUT2D eigenvalue weighted by Gasteiger charge is -2.35. The van der Waals surface area contributed by atoms with Crippen molar-refractivity contribution < 1.29 is 15.0 Å². The van der Waals surface area contributed by atoms with Gasteiger partial charge in [-0.15, -0.1) is 0 Å². The molecule has 0 fully saturated rings. The number of aliphatic hydroxyl groups is 2. The van der Waals surface area contributed by atoms with Crippen molar-refractivity contribution in [2.75, 3.05) is 0 Å². The number of carbonyl (C=O) groups is 1. The number of hydrogen-bond donors (Lipinski definition) is 2. The number of hydrogen-bond acceptors (Lipinski definition) is 3. The molecule has 0 saturated heterocycles. The first-order chi connectivity index (χ1) is 8.22. The molecule has 0 bridgehead atoms. The normalized spacial score (nSPS) is 33.0. The number of allylic oxidation sites excluding steroid dienone is 3. The van der Waals surface area contributed by atoms with Gasteiger partial charge in [0.15, 0.2) is 5.78 Å². The molecule has 18 heavy (non-hydrogen) atoms. The molecule has 3 unspecified atom stereocenters. The maximum Gasteiger partial charge on any atom is 0.155 e. The zero-order valence-corrected chi connectivity index (χ0v) is 11.7. The number of rotatable bonds is 4. The van der Waals surface area contributed by atoms with Gasteiger partial charge in [0.05, 0.1) is 6.10 Å². The number of aliphatic hydroxyl groups excluding tert-OH is 1. The topological polar surface area (TPSA) is 57.5 Å². The molecule has 0 aromatic rings. The first-order valence-electron chi connectivity index (χ1n) is 6.50. The molecule has 102 valence electrons. The van der Waals surface area contributed by atoms with E-state index < -0.39 is 11.7 Å². The third-order valence-corrected chi connectivity index (χ3v) is 3.55. The highest BCUT2D eigenvalue weighted by Crippen LogP contribution is 2.31. The average molecular weight is 252 g/mol. The predicted molar refractivity (Wildman–Crippen MR) is 72.1 cm³/mol. The molecule has 0 saturated carbocycles. The second-order valence-corrected chi connectivity index (χ2v) is 5.87. The van der Waals surface area contributed by atoms with E-state index in [2.05, 4.69) is 0 Å². The van der Waals surface area contributed by atoms with Gasteiger partial charge in [-0.25, -0.2) is 0 Å². The van der Waals surface area contributed by atoms with Crippen molar-refractivity contribution in [3.8, 4) is 0 Å². The summed E-state index contributed by atoms with van der Waals surface area (Å²) >= 11 is 0. The summed E-state index contributed by atoms with van der Waals surface area (Å²) in [4.78, 5) is 11.7. The molecule has 0 radical (unpaired) electrons. The van der Waals surface area contributed by atoms with Gasteiger partial charge in [-0.05, 0) is 45.1 Å². The molecule has 1 aliphatic rings. The third kappa shape index (κ3) is 4.07. The van der Waals surface area contributed by atoms with Crippen LogP contribution in [0.4, 0.5) is 0 Å². The van der Waals surface area contributed by atoms with Gasteiger partial charge in [-0.2, -0.15) is 0 Å². The van der Waals surface area contributed by atoms with Crippen molar-refractivity contribution in [1.82, 2.24) is 0 Å². The minimum absolute atomic E-state index is 0.128. The molecule has 2 N–H and O–H groups in total. The quantitative estimate of drug-likeness (QED) is 0.596.